The predicted octanol–water partition coefficient (Wildman–Crippen LogP) is 3.83. The summed E-state index contributed by atoms with van der Waals surface area (Å²) in [6, 6.07) is 0. The van der Waals surface area contributed by atoms with Gasteiger partial charge in [-0.1, -0.05) is 0 Å². The number of alkyl halides is 13. The first-order valence-electron chi connectivity index (χ1n) is 4.24. The van der Waals surface area contributed by atoms with Crippen LogP contribution in [0.4, 0.5) is 52.7 Å². The van der Waals surface area contributed by atoms with E-state index in [1.807, 2.05) is 0 Å². The second-order valence-electron chi connectivity index (χ2n) is 3.55. The van der Waals surface area contributed by atoms with Gasteiger partial charge in [0, 0.05) is 11.1 Å². The van der Waals surface area contributed by atoms with E-state index in [0.717, 1.165) is 0 Å². The summed E-state index contributed by atoms with van der Waals surface area (Å²) in [4.78, 5) is 0. The van der Waals surface area contributed by atoms with Gasteiger partial charge in [-0.05, 0) is 11.6 Å². The van der Waals surface area contributed by atoms with Crippen LogP contribution < -0.4 is 0 Å². The maximum atomic E-state index is 12.7. The van der Waals surface area contributed by atoms with Gasteiger partial charge in [-0.2, -0.15) is 52.7 Å². The van der Waals surface area contributed by atoms with Gasteiger partial charge in [-0.3, -0.25) is 4.21 Å². The van der Waals surface area contributed by atoms with E-state index in [1.165, 1.54) is 0 Å². The molecule has 0 aliphatic rings. The summed E-state index contributed by atoms with van der Waals surface area (Å²) < 4.78 is 169. The molecule has 134 valence electrons. The molecule has 0 aromatic rings. The van der Waals surface area contributed by atoms with Crippen LogP contribution >= 0.6 is 11.6 Å². The van der Waals surface area contributed by atoms with Gasteiger partial charge in [0.2, 0.25) is 0 Å². The van der Waals surface area contributed by atoms with E-state index in [4.69, 9.17) is 0 Å². The summed E-state index contributed by atoms with van der Waals surface area (Å²) in [5, 5.41) is -13.5. The van der Waals surface area contributed by atoms with Crippen LogP contribution in [-0.2, 0) is 11.1 Å². The molecule has 16 heteroatoms. The molecule has 0 radical (unpaired) electrons. The molecule has 0 fully saturated rings. The van der Waals surface area contributed by atoms with Crippen molar-refractivity contribution in [2.24, 2.45) is 0 Å². The zero-order valence-corrected chi connectivity index (χ0v) is 10.7. The van der Waals surface area contributed by atoms with Gasteiger partial charge < -0.3 is 4.55 Å². The minimum Gasteiger partial charge on any atom is -0.768 e. The minimum absolute atomic E-state index is 3.39. The Morgan fingerprint density at radius 2 is 0.909 bits per heavy atom. The fourth-order valence-electron chi connectivity index (χ4n) is 0.860. The summed E-state index contributed by atoms with van der Waals surface area (Å²) in [5.74, 6) is -30.9. The normalized spacial score (nSPS) is 17.5. The lowest BCUT2D eigenvalue weighted by Crippen LogP contribution is -2.70. The van der Waals surface area contributed by atoms with E-state index in [1.54, 1.807) is 0 Å². The van der Waals surface area contributed by atoms with Crippen molar-refractivity contribution in [2.75, 3.05) is 0 Å². The maximum Gasteiger partial charge on any atom is 0.393 e. The van der Waals surface area contributed by atoms with Crippen molar-refractivity contribution in [3.8, 4) is 0 Å². The Balaban J connectivity index is 6.29. The second-order valence-corrected chi connectivity index (χ2v) is 5.00. The largest absolute Gasteiger partial charge is 0.768 e. The summed E-state index contributed by atoms with van der Waals surface area (Å²) in [7, 11) is 0. The Hall–Kier alpha value is -0.440. The molecule has 0 saturated carbocycles. The molecule has 0 rings (SSSR count). The summed E-state index contributed by atoms with van der Waals surface area (Å²) >= 11 is -2.10. The van der Waals surface area contributed by atoms with Crippen LogP contribution in [0.3, 0.4) is 0 Å². The first-order valence-corrected chi connectivity index (χ1v) is 5.70. The number of hydrogen-bond donors (Lipinski definition) is 0. The van der Waals surface area contributed by atoms with E-state index in [2.05, 4.69) is 11.6 Å². The molecule has 0 heterocycles. The lowest BCUT2D eigenvalue weighted by Gasteiger charge is -2.40. The van der Waals surface area contributed by atoms with Gasteiger partial charge in [0.1, 0.15) is 0 Å². The number of rotatable bonds is 6. The van der Waals surface area contributed by atoms with Gasteiger partial charge in [-0.15, -0.1) is 0 Å². The molecule has 0 aromatic carbocycles. The zero-order chi connectivity index (χ0) is 18.6. The third-order valence-electron chi connectivity index (χ3n) is 2.11. The highest BCUT2D eigenvalue weighted by atomic mass is 35.5. The first-order chi connectivity index (χ1) is 9.19. The van der Waals surface area contributed by atoms with E-state index in [0.29, 0.717) is 0 Å². The van der Waals surface area contributed by atoms with Crippen molar-refractivity contribution in [1.82, 2.24) is 0 Å². The summed E-state index contributed by atoms with van der Waals surface area (Å²) in [6.07, 6.45) is 0. The predicted molar refractivity (Wildman–Crippen MR) is 44.5 cm³/mol. The van der Waals surface area contributed by atoms with Crippen molar-refractivity contribution < 1.29 is 61.4 Å². The fraction of sp³-hybridized carbons (Fsp3) is 1.00. The molecule has 0 aromatic heterocycles. The molecule has 22 heavy (non-hydrogen) atoms. The van der Waals surface area contributed by atoms with Crippen molar-refractivity contribution in [2.45, 2.75) is 34.3 Å². The molecule has 0 spiro atoms. The standard InChI is InChI=1S/C6HClF12O2S/c7-5(16,17)3(12,13)1(8,9)2(10,11)4(14,15)6(18,19)22(20)21/h(H,20,21)/p-1. The molecular formula is C6ClF12O2S-. The topological polar surface area (TPSA) is 40.1 Å². The SMILES string of the molecule is O=S([O-])C(F)(F)C(F)(F)C(F)(F)C(F)(F)C(F)(F)C(F)(F)Cl. The van der Waals surface area contributed by atoms with E-state index >= 15 is 0 Å². The highest BCUT2D eigenvalue weighted by molar-refractivity contribution is 7.80. The lowest BCUT2D eigenvalue weighted by molar-refractivity contribution is -0.407. The average molecular weight is 400 g/mol. The molecule has 0 aliphatic heterocycles. The van der Waals surface area contributed by atoms with Crippen LogP contribution in [0.25, 0.3) is 0 Å². The summed E-state index contributed by atoms with van der Waals surface area (Å²) in [5.41, 5.74) is 0. The molecule has 0 amide bonds. The molecule has 0 N–H and O–H groups in total. The lowest BCUT2D eigenvalue weighted by atomic mass is 9.98. The zero-order valence-electron chi connectivity index (χ0n) is 9.14. The maximum absolute atomic E-state index is 12.7. The van der Waals surface area contributed by atoms with Gasteiger partial charge in [0.25, 0.3) is 0 Å². The Bertz CT molecular complexity index is 457. The average Bonchev–Trinajstić information content (AvgIpc) is 2.25. The highest BCUT2D eigenvalue weighted by Crippen LogP contribution is 2.60. The van der Waals surface area contributed by atoms with Crippen LogP contribution in [0, 0.1) is 0 Å². The third-order valence-corrected chi connectivity index (χ3v) is 3.03. The van der Waals surface area contributed by atoms with Crippen LogP contribution in [-0.4, -0.2) is 43.1 Å². The Morgan fingerprint density at radius 3 is 1.14 bits per heavy atom. The Labute approximate surface area is 119 Å². The molecule has 1 atom stereocenters. The Kier molecular flexibility index (Phi) is 5.18. The monoisotopic (exact) mass is 399 g/mol. The van der Waals surface area contributed by atoms with Crippen LogP contribution in [0.15, 0.2) is 0 Å². The first kappa shape index (κ1) is 21.6. The van der Waals surface area contributed by atoms with E-state index < -0.39 is 45.4 Å². The van der Waals surface area contributed by atoms with E-state index in [-0.39, 0.29) is 0 Å². The van der Waals surface area contributed by atoms with Crippen LogP contribution in [0.5, 0.6) is 0 Å². The van der Waals surface area contributed by atoms with Crippen molar-refractivity contribution in [1.29, 1.82) is 0 Å². The molecule has 1 unspecified atom stereocenters. The van der Waals surface area contributed by atoms with E-state index in [9.17, 15) is 61.4 Å². The number of hydrogen-bond acceptors (Lipinski definition) is 2. The molecule has 0 aliphatic carbocycles. The van der Waals surface area contributed by atoms with Crippen molar-refractivity contribution in [3.05, 3.63) is 0 Å². The van der Waals surface area contributed by atoms with Gasteiger partial charge in [-0.25, -0.2) is 0 Å². The van der Waals surface area contributed by atoms with Gasteiger partial charge in [0.05, 0.1) is 0 Å². The third kappa shape index (κ3) is 2.64. The molecular weight excluding hydrogens is 400 g/mol. The smallest absolute Gasteiger partial charge is 0.393 e. The molecule has 2 nitrogen and oxygen atoms in total. The number of halogens is 13. The van der Waals surface area contributed by atoms with Crippen LogP contribution in [0.1, 0.15) is 0 Å². The quantitative estimate of drug-likeness (QED) is 0.387. The minimum atomic E-state index is -7.93. The van der Waals surface area contributed by atoms with Crippen LogP contribution in [0.2, 0.25) is 0 Å². The Morgan fingerprint density at radius 1 is 0.636 bits per heavy atom. The molecule has 0 bridgehead atoms. The van der Waals surface area contributed by atoms with Gasteiger partial charge >= 0.3 is 34.3 Å². The second kappa shape index (κ2) is 5.29. The fourth-order valence-corrected chi connectivity index (χ4v) is 1.32. The van der Waals surface area contributed by atoms with Gasteiger partial charge in [0.15, 0.2) is 0 Å². The summed E-state index contributed by atoms with van der Waals surface area (Å²) in [6.45, 7) is 0. The van der Waals surface area contributed by atoms with Crippen molar-refractivity contribution >= 4 is 22.7 Å². The molecule has 0 saturated heterocycles. The highest BCUT2D eigenvalue weighted by Gasteiger charge is 2.90. The van der Waals surface area contributed by atoms with Crippen molar-refractivity contribution in [3.63, 3.8) is 0 Å².